The van der Waals surface area contributed by atoms with Crippen molar-refractivity contribution in [2.24, 2.45) is 0 Å². The van der Waals surface area contributed by atoms with Gasteiger partial charge < -0.3 is 19.8 Å². The molecule has 37 heavy (non-hydrogen) atoms. The molecule has 6 rings (SSSR count). The first kappa shape index (κ1) is 22.7. The van der Waals surface area contributed by atoms with Gasteiger partial charge in [0.25, 0.3) is 0 Å². The van der Waals surface area contributed by atoms with Gasteiger partial charge in [-0.2, -0.15) is 0 Å². The topological polar surface area (TPSA) is 78.1 Å². The number of benzene rings is 4. The fourth-order valence-corrected chi connectivity index (χ4v) is 5.06. The summed E-state index contributed by atoms with van der Waals surface area (Å²) in [6, 6.07) is 28.3. The lowest BCUT2D eigenvalue weighted by Gasteiger charge is -2.06. The molecule has 6 aromatic rings. The summed E-state index contributed by atoms with van der Waals surface area (Å²) in [5, 5.41) is 11.7. The van der Waals surface area contributed by atoms with E-state index in [4.69, 9.17) is 4.74 Å². The minimum absolute atomic E-state index is 0.311. The van der Waals surface area contributed by atoms with Crippen molar-refractivity contribution in [1.29, 1.82) is 0 Å². The Morgan fingerprint density at radius 2 is 1.30 bits per heavy atom. The van der Waals surface area contributed by atoms with Gasteiger partial charge in [-0.3, -0.25) is 0 Å². The Hall–Kier alpha value is -4.77. The zero-order valence-electron chi connectivity index (χ0n) is 20.4. The maximum absolute atomic E-state index is 11.3. The molecule has 182 valence electrons. The number of fused-ring (bicyclic) bond motifs is 2. The molecule has 0 aliphatic carbocycles. The highest BCUT2D eigenvalue weighted by Crippen LogP contribution is 2.31. The lowest BCUT2D eigenvalue weighted by Crippen LogP contribution is -1.97. The van der Waals surface area contributed by atoms with E-state index in [2.05, 4.69) is 64.7 Å². The Labute approximate surface area is 214 Å². The number of aromatic carboxylic acids is 1. The average molecular weight is 487 g/mol. The van der Waals surface area contributed by atoms with Gasteiger partial charge in [-0.25, -0.2) is 4.79 Å². The SMILES string of the molecule is COc1cccc(Cc2c[nH]c3cc(-c4ccc5c(Cc6cccc(C(=O)O)c6)c[nH]c5c4)ccc23)c1. The second-order valence-electron chi connectivity index (χ2n) is 9.36. The molecule has 0 bridgehead atoms. The number of carboxylic acid groups (broad SMARTS) is 1. The fourth-order valence-electron chi connectivity index (χ4n) is 5.06. The van der Waals surface area contributed by atoms with Crippen LogP contribution in [-0.4, -0.2) is 28.2 Å². The molecule has 5 heteroatoms. The third-order valence-electron chi connectivity index (χ3n) is 6.97. The molecule has 0 amide bonds. The molecule has 0 spiro atoms. The van der Waals surface area contributed by atoms with E-state index in [-0.39, 0.29) is 0 Å². The predicted octanol–water partition coefficient (Wildman–Crippen LogP) is 7.20. The molecule has 0 saturated heterocycles. The highest BCUT2D eigenvalue weighted by atomic mass is 16.5. The van der Waals surface area contributed by atoms with E-state index in [1.807, 2.05) is 24.4 Å². The van der Waals surface area contributed by atoms with Crippen molar-refractivity contribution in [3.63, 3.8) is 0 Å². The van der Waals surface area contributed by atoms with Gasteiger partial charge in [-0.15, -0.1) is 0 Å². The Morgan fingerprint density at radius 1 is 0.730 bits per heavy atom. The van der Waals surface area contributed by atoms with Crippen LogP contribution in [0.1, 0.15) is 32.6 Å². The van der Waals surface area contributed by atoms with Crippen LogP contribution in [-0.2, 0) is 12.8 Å². The van der Waals surface area contributed by atoms with Gasteiger partial charge in [-0.1, -0.05) is 48.5 Å². The van der Waals surface area contributed by atoms with E-state index in [0.29, 0.717) is 12.0 Å². The number of hydrogen-bond acceptors (Lipinski definition) is 2. The van der Waals surface area contributed by atoms with E-state index >= 15 is 0 Å². The lowest BCUT2D eigenvalue weighted by molar-refractivity contribution is 0.0696. The summed E-state index contributed by atoms with van der Waals surface area (Å²) in [6.07, 6.45) is 5.61. The molecule has 0 atom stereocenters. The van der Waals surface area contributed by atoms with Crippen LogP contribution in [0.5, 0.6) is 5.75 Å². The van der Waals surface area contributed by atoms with Crippen molar-refractivity contribution in [3.05, 3.63) is 125 Å². The molecule has 0 radical (unpaired) electrons. The van der Waals surface area contributed by atoms with E-state index in [1.165, 1.54) is 16.5 Å². The van der Waals surface area contributed by atoms with E-state index in [9.17, 15) is 9.90 Å². The number of aromatic amines is 2. The van der Waals surface area contributed by atoms with Gasteiger partial charge in [0.15, 0.2) is 0 Å². The van der Waals surface area contributed by atoms with Gasteiger partial charge in [0.05, 0.1) is 12.7 Å². The van der Waals surface area contributed by atoms with Crippen LogP contribution in [0.3, 0.4) is 0 Å². The highest BCUT2D eigenvalue weighted by molar-refractivity contribution is 5.92. The summed E-state index contributed by atoms with van der Waals surface area (Å²) in [5.41, 5.74) is 9.37. The maximum atomic E-state index is 11.3. The summed E-state index contributed by atoms with van der Waals surface area (Å²) < 4.78 is 5.37. The van der Waals surface area contributed by atoms with Crippen molar-refractivity contribution in [1.82, 2.24) is 9.97 Å². The summed E-state index contributed by atoms with van der Waals surface area (Å²) in [6.45, 7) is 0. The van der Waals surface area contributed by atoms with Crippen molar-refractivity contribution in [3.8, 4) is 16.9 Å². The number of aromatic nitrogens is 2. The standard InChI is InChI=1S/C32H26N2O3/c1-37-27-7-3-5-21(15-27)14-26-19-34-31-17-23(9-11-29(26)31)22-8-10-28-25(18-33-30(28)16-22)13-20-4-2-6-24(12-20)32(35)36/h2-12,15-19,33-34H,13-14H2,1H3,(H,35,36). The quantitative estimate of drug-likeness (QED) is 0.223. The zero-order chi connectivity index (χ0) is 25.4. The van der Waals surface area contributed by atoms with E-state index < -0.39 is 5.97 Å². The molecular weight excluding hydrogens is 460 g/mol. The fraction of sp³-hybridized carbons (Fsp3) is 0.0938. The van der Waals surface area contributed by atoms with Gasteiger partial charge in [-0.05, 0) is 82.6 Å². The smallest absolute Gasteiger partial charge is 0.335 e. The third kappa shape index (κ3) is 4.47. The molecule has 0 fully saturated rings. The second kappa shape index (κ2) is 9.36. The van der Waals surface area contributed by atoms with Crippen LogP contribution < -0.4 is 4.74 Å². The Kier molecular flexibility index (Phi) is 5.73. The number of nitrogens with one attached hydrogen (secondary N) is 2. The number of carboxylic acids is 1. The molecule has 5 nitrogen and oxygen atoms in total. The monoisotopic (exact) mass is 486 g/mol. The molecule has 2 aromatic heterocycles. The molecule has 3 N–H and O–H groups in total. The van der Waals surface area contributed by atoms with Crippen LogP contribution in [0.4, 0.5) is 0 Å². The van der Waals surface area contributed by atoms with Crippen LogP contribution in [0.2, 0.25) is 0 Å². The number of H-pyrrole nitrogens is 2. The lowest BCUT2D eigenvalue weighted by atomic mass is 9.98. The first-order valence-corrected chi connectivity index (χ1v) is 12.2. The van der Waals surface area contributed by atoms with Gasteiger partial charge in [0, 0.05) is 34.2 Å². The van der Waals surface area contributed by atoms with Crippen LogP contribution in [0.25, 0.3) is 32.9 Å². The maximum Gasteiger partial charge on any atom is 0.335 e. The summed E-state index contributed by atoms with van der Waals surface area (Å²) in [5.74, 6) is -0.0341. The molecule has 0 unspecified atom stereocenters. The first-order chi connectivity index (χ1) is 18.1. The summed E-state index contributed by atoms with van der Waals surface area (Å²) in [4.78, 5) is 18.2. The Morgan fingerprint density at radius 3 is 1.86 bits per heavy atom. The van der Waals surface area contributed by atoms with Crippen molar-refractivity contribution in [2.45, 2.75) is 12.8 Å². The number of hydrogen-bond donors (Lipinski definition) is 3. The number of ether oxygens (including phenoxy) is 1. The Bertz CT molecular complexity index is 1760. The average Bonchev–Trinajstić information content (AvgIpc) is 3.52. The molecule has 2 heterocycles. The largest absolute Gasteiger partial charge is 0.497 e. The zero-order valence-corrected chi connectivity index (χ0v) is 20.4. The van der Waals surface area contributed by atoms with Crippen LogP contribution in [0, 0.1) is 0 Å². The highest BCUT2D eigenvalue weighted by Gasteiger charge is 2.11. The second-order valence-corrected chi connectivity index (χ2v) is 9.36. The molecule has 0 aliphatic heterocycles. The molecule has 0 saturated carbocycles. The molecular formula is C32H26N2O3. The van der Waals surface area contributed by atoms with Crippen LogP contribution >= 0.6 is 0 Å². The number of rotatable bonds is 7. The normalized spacial score (nSPS) is 11.3. The van der Waals surface area contributed by atoms with E-state index in [1.54, 1.807) is 25.3 Å². The van der Waals surface area contributed by atoms with Gasteiger partial charge in [0.1, 0.15) is 5.75 Å². The molecule has 4 aromatic carbocycles. The predicted molar refractivity (Wildman–Crippen MR) is 148 cm³/mol. The Balaban J connectivity index is 1.26. The first-order valence-electron chi connectivity index (χ1n) is 12.2. The number of methoxy groups -OCH3 is 1. The third-order valence-corrected chi connectivity index (χ3v) is 6.97. The van der Waals surface area contributed by atoms with Gasteiger partial charge in [0.2, 0.25) is 0 Å². The molecule has 0 aliphatic rings. The van der Waals surface area contributed by atoms with E-state index in [0.717, 1.165) is 50.8 Å². The summed E-state index contributed by atoms with van der Waals surface area (Å²) >= 11 is 0. The summed E-state index contributed by atoms with van der Waals surface area (Å²) in [7, 11) is 1.69. The van der Waals surface area contributed by atoms with Crippen molar-refractivity contribution >= 4 is 27.8 Å². The van der Waals surface area contributed by atoms with Gasteiger partial charge >= 0.3 is 5.97 Å². The van der Waals surface area contributed by atoms with Crippen molar-refractivity contribution in [2.75, 3.05) is 7.11 Å². The minimum atomic E-state index is -0.906. The minimum Gasteiger partial charge on any atom is -0.497 e. The number of carbonyl (C=O) groups is 1. The van der Waals surface area contributed by atoms with Crippen molar-refractivity contribution < 1.29 is 14.6 Å². The van der Waals surface area contributed by atoms with Crippen LogP contribution in [0.15, 0.2) is 97.3 Å².